The number of rotatable bonds is 6. The molecule has 0 aromatic heterocycles. The molecule has 0 amide bonds. The van der Waals surface area contributed by atoms with Gasteiger partial charge in [-0.2, -0.15) is 0 Å². The average Bonchev–Trinajstić information content (AvgIpc) is 2.66. The zero-order valence-corrected chi connectivity index (χ0v) is 15.6. The van der Waals surface area contributed by atoms with Crippen molar-refractivity contribution in [3.63, 3.8) is 0 Å². The van der Waals surface area contributed by atoms with Gasteiger partial charge in [-0.15, -0.1) is 12.4 Å². The molecule has 0 radical (unpaired) electrons. The van der Waals surface area contributed by atoms with E-state index >= 15 is 0 Å². The lowest BCUT2D eigenvalue weighted by Gasteiger charge is -2.33. The molecule has 27 heavy (non-hydrogen) atoms. The number of benzene rings is 2. The van der Waals surface area contributed by atoms with Gasteiger partial charge in [-0.3, -0.25) is 4.90 Å². The number of hydrogen-bond acceptors (Lipinski definition) is 3. The molecule has 1 saturated heterocycles. The molecule has 1 N–H and O–H groups in total. The maximum Gasteiger partial charge on any atom is 0.164 e. The Hall–Kier alpha value is -1.92. The molecule has 0 saturated carbocycles. The van der Waals surface area contributed by atoms with Crippen LogP contribution in [0.3, 0.4) is 0 Å². The summed E-state index contributed by atoms with van der Waals surface area (Å²) >= 11 is 0. The molecule has 1 heterocycles. The van der Waals surface area contributed by atoms with Crippen LogP contribution in [0, 0.1) is 17.6 Å². The second kappa shape index (κ2) is 9.85. The van der Waals surface area contributed by atoms with Gasteiger partial charge in [0, 0.05) is 12.1 Å². The third kappa shape index (κ3) is 5.53. The molecule has 2 aromatic carbocycles. The molecule has 3 nitrogen and oxygen atoms in total. The normalized spacial score (nSPS) is 16.6. The van der Waals surface area contributed by atoms with Gasteiger partial charge in [-0.25, -0.2) is 13.2 Å². The van der Waals surface area contributed by atoms with Crippen LogP contribution in [-0.2, 0) is 0 Å². The summed E-state index contributed by atoms with van der Waals surface area (Å²) in [7, 11) is 0. The summed E-state index contributed by atoms with van der Waals surface area (Å²) in [6.45, 7) is 2.59. The van der Waals surface area contributed by atoms with Gasteiger partial charge in [0.2, 0.25) is 0 Å². The second-order valence-electron chi connectivity index (χ2n) is 6.57. The van der Waals surface area contributed by atoms with Crippen LogP contribution < -0.4 is 4.74 Å². The van der Waals surface area contributed by atoms with E-state index < -0.39 is 17.8 Å². The van der Waals surface area contributed by atoms with Crippen molar-refractivity contribution in [3.05, 3.63) is 59.7 Å². The summed E-state index contributed by atoms with van der Waals surface area (Å²) in [5.74, 6) is -1.52. The van der Waals surface area contributed by atoms with E-state index in [0.29, 0.717) is 44.8 Å². The minimum atomic E-state index is -1.49. The van der Waals surface area contributed by atoms with E-state index in [4.69, 9.17) is 4.74 Å². The second-order valence-corrected chi connectivity index (χ2v) is 6.57. The maximum absolute atomic E-state index is 14.6. The lowest BCUT2D eigenvalue weighted by Crippen LogP contribution is -2.37. The highest BCUT2D eigenvalue weighted by Crippen LogP contribution is 2.35. The Labute approximate surface area is 163 Å². The van der Waals surface area contributed by atoms with Crippen LogP contribution in [-0.4, -0.2) is 36.2 Å². The first-order valence-corrected chi connectivity index (χ1v) is 8.77. The lowest BCUT2D eigenvalue weighted by molar-refractivity contribution is 0.107. The van der Waals surface area contributed by atoms with Crippen molar-refractivity contribution in [2.24, 2.45) is 5.92 Å². The van der Waals surface area contributed by atoms with Crippen LogP contribution in [0.4, 0.5) is 13.2 Å². The van der Waals surface area contributed by atoms with Crippen LogP contribution >= 0.6 is 12.4 Å². The van der Waals surface area contributed by atoms with E-state index in [9.17, 15) is 18.3 Å². The molecular weight excluding hydrogens is 379 g/mol. The van der Waals surface area contributed by atoms with Crippen molar-refractivity contribution in [3.8, 4) is 11.5 Å². The highest BCUT2D eigenvalue weighted by Gasteiger charge is 2.30. The number of phenols is 1. The van der Waals surface area contributed by atoms with Crippen molar-refractivity contribution < 1.29 is 23.0 Å². The van der Waals surface area contributed by atoms with Crippen LogP contribution in [0.2, 0.25) is 0 Å². The van der Waals surface area contributed by atoms with Gasteiger partial charge in [0.15, 0.2) is 11.6 Å². The zero-order valence-electron chi connectivity index (χ0n) is 14.8. The SMILES string of the molecule is Cl.Oc1ccc(OCCN2CCC(C(F)c3cccc(F)c3F)CC2)cc1. The van der Waals surface area contributed by atoms with Gasteiger partial charge >= 0.3 is 0 Å². The van der Waals surface area contributed by atoms with Crippen LogP contribution in [0.1, 0.15) is 24.6 Å². The number of likely N-dealkylation sites (tertiary alicyclic amines) is 1. The predicted molar refractivity (Wildman–Crippen MR) is 100 cm³/mol. The molecule has 1 aliphatic rings. The van der Waals surface area contributed by atoms with Gasteiger partial charge < -0.3 is 9.84 Å². The monoisotopic (exact) mass is 401 g/mol. The van der Waals surface area contributed by atoms with Crippen molar-refractivity contribution >= 4 is 12.4 Å². The molecule has 3 rings (SSSR count). The molecule has 1 atom stereocenters. The number of phenolic OH excluding ortho intramolecular Hbond substituents is 1. The number of ether oxygens (including phenoxy) is 1. The van der Waals surface area contributed by atoms with E-state index in [2.05, 4.69) is 4.90 Å². The maximum atomic E-state index is 14.6. The summed E-state index contributed by atoms with van der Waals surface area (Å²) in [5.41, 5.74) is -0.181. The summed E-state index contributed by atoms with van der Waals surface area (Å²) < 4.78 is 47.3. The van der Waals surface area contributed by atoms with E-state index in [0.717, 1.165) is 6.07 Å². The Kier molecular flexibility index (Phi) is 7.80. The molecule has 2 aromatic rings. The largest absolute Gasteiger partial charge is 0.508 e. The molecule has 0 bridgehead atoms. The highest BCUT2D eigenvalue weighted by molar-refractivity contribution is 5.85. The van der Waals surface area contributed by atoms with Crippen LogP contribution in [0.25, 0.3) is 0 Å². The standard InChI is InChI=1S/C20H22F3NO2.ClH/c21-18-3-1-2-17(20(18)23)19(22)14-8-10-24(11-9-14)12-13-26-16-6-4-15(25)5-7-16;/h1-7,14,19,25H,8-13H2;1H. The predicted octanol–water partition coefficient (Wildman–Crippen LogP) is 4.89. The van der Waals surface area contributed by atoms with Crippen molar-refractivity contribution in [1.82, 2.24) is 4.90 Å². The minimum absolute atomic E-state index is 0. The Balaban J connectivity index is 0.00000261. The molecule has 1 aliphatic heterocycles. The van der Waals surface area contributed by atoms with E-state index in [-0.39, 0.29) is 29.6 Å². The van der Waals surface area contributed by atoms with Crippen molar-refractivity contribution in [1.29, 1.82) is 0 Å². The third-order valence-corrected chi connectivity index (χ3v) is 4.84. The van der Waals surface area contributed by atoms with Gasteiger partial charge in [0.25, 0.3) is 0 Å². The third-order valence-electron chi connectivity index (χ3n) is 4.84. The van der Waals surface area contributed by atoms with Gasteiger partial charge in [-0.05, 0) is 62.2 Å². The van der Waals surface area contributed by atoms with E-state index in [1.54, 1.807) is 24.3 Å². The Bertz CT molecular complexity index is 722. The molecule has 148 valence electrons. The van der Waals surface area contributed by atoms with Gasteiger partial charge in [-0.1, -0.05) is 12.1 Å². The summed E-state index contributed by atoms with van der Waals surface area (Å²) in [6.07, 6.45) is -0.298. The molecule has 1 unspecified atom stereocenters. The number of piperidine rings is 1. The molecule has 0 spiro atoms. The number of alkyl halides is 1. The van der Waals surface area contributed by atoms with Gasteiger partial charge in [0.05, 0.1) is 0 Å². The first kappa shape index (κ1) is 21.4. The van der Waals surface area contributed by atoms with Crippen LogP contribution in [0.5, 0.6) is 11.5 Å². The molecular formula is C20H23ClF3NO2. The average molecular weight is 402 g/mol. The topological polar surface area (TPSA) is 32.7 Å². The highest BCUT2D eigenvalue weighted by atomic mass is 35.5. The molecule has 0 aliphatic carbocycles. The smallest absolute Gasteiger partial charge is 0.164 e. The quantitative estimate of drug-likeness (QED) is 0.747. The number of hydrogen-bond donors (Lipinski definition) is 1. The molecule has 7 heteroatoms. The Morgan fingerprint density at radius 1 is 1.07 bits per heavy atom. The van der Waals surface area contributed by atoms with E-state index in [1.807, 2.05) is 0 Å². The summed E-state index contributed by atoms with van der Waals surface area (Å²) in [5, 5.41) is 9.23. The fraction of sp³-hybridized carbons (Fsp3) is 0.400. The fourth-order valence-electron chi connectivity index (χ4n) is 3.29. The van der Waals surface area contributed by atoms with E-state index in [1.165, 1.54) is 12.1 Å². The Morgan fingerprint density at radius 3 is 2.41 bits per heavy atom. The van der Waals surface area contributed by atoms with Crippen molar-refractivity contribution in [2.45, 2.75) is 19.0 Å². The Morgan fingerprint density at radius 2 is 1.74 bits per heavy atom. The first-order chi connectivity index (χ1) is 12.5. The number of aromatic hydroxyl groups is 1. The minimum Gasteiger partial charge on any atom is -0.508 e. The number of halogens is 4. The van der Waals surface area contributed by atoms with Gasteiger partial charge in [0.1, 0.15) is 24.3 Å². The zero-order chi connectivity index (χ0) is 18.5. The molecule has 1 fully saturated rings. The van der Waals surface area contributed by atoms with Crippen molar-refractivity contribution in [2.75, 3.05) is 26.2 Å². The summed E-state index contributed by atoms with van der Waals surface area (Å²) in [6, 6.07) is 10.2. The van der Waals surface area contributed by atoms with Crippen LogP contribution in [0.15, 0.2) is 42.5 Å². The lowest BCUT2D eigenvalue weighted by atomic mass is 9.88. The fourth-order valence-corrected chi connectivity index (χ4v) is 3.29. The number of nitrogens with zero attached hydrogens (tertiary/aromatic N) is 1. The first-order valence-electron chi connectivity index (χ1n) is 8.77. The summed E-state index contributed by atoms with van der Waals surface area (Å²) in [4.78, 5) is 2.17.